The van der Waals surface area contributed by atoms with Crippen LogP contribution in [0.3, 0.4) is 0 Å². The van der Waals surface area contributed by atoms with Crippen molar-refractivity contribution in [3.05, 3.63) is 75.7 Å². The summed E-state index contributed by atoms with van der Waals surface area (Å²) in [6, 6.07) is 12.0. The summed E-state index contributed by atoms with van der Waals surface area (Å²) in [4.78, 5) is 20.6. The van der Waals surface area contributed by atoms with E-state index >= 15 is 0 Å². The van der Waals surface area contributed by atoms with E-state index in [-0.39, 0.29) is 11.7 Å². The maximum absolute atomic E-state index is 13.0. The average Bonchev–Trinajstić information content (AvgIpc) is 3.30. The number of nitrogens with one attached hydrogen (secondary N) is 1. The van der Waals surface area contributed by atoms with Gasteiger partial charge >= 0.3 is 5.69 Å². The van der Waals surface area contributed by atoms with E-state index in [2.05, 4.69) is 39.4 Å². The fraction of sp³-hybridized carbons (Fsp3) is 0.240. The first kappa shape index (κ1) is 20.1. The highest BCUT2D eigenvalue weighted by Crippen LogP contribution is 2.39. The molecule has 0 saturated heterocycles. The van der Waals surface area contributed by atoms with Crippen LogP contribution in [0.4, 0.5) is 0 Å². The molecule has 0 aliphatic rings. The summed E-state index contributed by atoms with van der Waals surface area (Å²) < 4.78 is 12.9. The summed E-state index contributed by atoms with van der Waals surface area (Å²) in [7, 11) is 1.63. The Kier molecular flexibility index (Phi) is 4.62. The molecule has 3 heterocycles. The van der Waals surface area contributed by atoms with Gasteiger partial charge in [-0.3, -0.25) is 9.55 Å². The third-order valence-electron chi connectivity index (χ3n) is 6.11. The molecule has 5 rings (SSSR count). The molecule has 0 aliphatic carbocycles. The van der Waals surface area contributed by atoms with Crippen LogP contribution >= 0.6 is 0 Å². The number of hydrogen-bond acceptors (Lipinski definition) is 5. The highest BCUT2D eigenvalue weighted by atomic mass is 16.5. The molecular formula is C25H24N4O3. The number of nitrogens with zero attached hydrogens (tertiary/aromatic N) is 3. The van der Waals surface area contributed by atoms with E-state index in [0.717, 1.165) is 38.8 Å². The Morgan fingerprint density at radius 1 is 1.12 bits per heavy atom. The smallest absolute Gasteiger partial charge is 0.327 e. The van der Waals surface area contributed by atoms with Crippen LogP contribution in [-0.4, -0.2) is 26.8 Å². The van der Waals surface area contributed by atoms with Gasteiger partial charge in [-0.25, -0.2) is 4.79 Å². The van der Waals surface area contributed by atoms with E-state index in [0.29, 0.717) is 17.0 Å². The molecule has 32 heavy (non-hydrogen) atoms. The molecule has 7 heteroatoms. The molecule has 0 radical (unpaired) electrons. The Labute approximate surface area is 184 Å². The van der Waals surface area contributed by atoms with Crippen LogP contribution in [0.25, 0.3) is 33.1 Å². The second-order valence-electron chi connectivity index (χ2n) is 8.18. The molecule has 0 fully saturated rings. The third-order valence-corrected chi connectivity index (χ3v) is 6.11. The van der Waals surface area contributed by atoms with E-state index in [9.17, 15) is 4.79 Å². The minimum absolute atomic E-state index is 0.157. The molecule has 0 bridgehead atoms. The molecular weight excluding hydrogens is 404 g/mol. The van der Waals surface area contributed by atoms with Crippen LogP contribution in [0.15, 0.2) is 51.9 Å². The molecule has 1 atom stereocenters. The molecule has 0 amide bonds. The van der Waals surface area contributed by atoms with Gasteiger partial charge in [0, 0.05) is 10.9 Å². The second kappa shape index (κ2) is 7.37. The van der Waals surface area contributed by atoms with Gasteiger partial charge in [0.05, 0.1) is 47.2 Å². The van der Waals surface area contributed by atoms with Crippen molar-refractivity contribution in [3.63, 3.8) is 0 Å². The number of aromatic nitrogens is 4. The second-order valence-corrected chi connectivity index (χ2v) is 8.18. The minimum Gasteiger partial charge on any atom is -0.496 e. The normalized spacial score (nSPS) is 12.5. The van der Waals surface area contributed by atoms with Gasteiger partial charge in [-0.15, -0.1) is 0 Å². The number of hydrogen-bond donors (Lipinski definition) is 1. The van der Waals surface area contributed by atoms with Gasteiger partial charge in [0.25, 0.3) is 0 Å². The van der Waals surface area contributed by atoms with Crippen LogP contribution in [0.2, 0.25) is 0 Å². The quantitative estimate of drug-likeness (QED) is 0.432. The number of imidazole rings is 1. The lowest BCUT2D eigenvalue weighted by molar-refractivity contribution is 0.393. The van der Waals surface area contributed by atoms with Gasteiger partial charge in [-0.05, 0) is 45.4 Å². The first-order valence-corrected chi connectivity index (χ1v) is 10.5. The van der Waals surface area contributed by atoms with Crippen LogP contribution in [-0.2, 0) is 0 Å². The van der Waals surface area contributed by atoms with Crippen molar-refractivity contribution >= 4 is 21.9 Å². The lowest BCUT2D eigenvalue weighted by Crippen LogP contribution is -2.21. The topological polar surface area (TPSA) is 85.9 Å². The maximum atomic E-state index is 13.0. The molecule has 3 aromatic heterocycles. The highest BCUT2D eigenvalue weighted by molar-refractivity contribution is 6.04. The van der Waals surface area contributed by atoms with Crippen LogP contribution in [0.1, 0.15) is 35.5 Å². The number of aryl methyl sites for hydroxylation is 3. The van der Waals surface area contributed by atoms with Crippen LogP contribution in [0, 0.1) is 20.8 Å². The van der Waals surface area contributed by atoms with Gasteiger partial charge in [0.1, 0.15) is 11.5 Å². The number of H-pyrrole nitrogens is 1. The van der Waals surface area contributed by atoms with Crippen molar-refractivity contribution in [1.82, 2.24) is 19.7 Å². The number of aromatic amines is 1. The summed E-state index contributed by atoms with van der Waals surface area (Å²) >= 11 is 0. The summed E-state index contributed by atoms with van der Waals surface area (Å²) in [5, 5.41) is 4.92. The largest absolute Gasteiger partial charge is 0.496 e. The molecule has 0 saturated carbocycles. The predicted octanol–water partition coefficient (Wildman–Crippen LogP) is 5.08. The number of fused-ring (bicyclic) bond motifs is 3. The van der Waals surface area contributed by atoms with Crippen molar-refractivity contribution in [2.24, 2.45) is 0 Å². The van der Waals surface area contributed by atoms with Gasteiger partial charge in [-0.2, -0.15) is 0 Å². The number of ether oxygens (including phenoxy) is 1. The minimum atomic E-state index is -0.170. The Balaban J connectivity index is 1.80. The number of rotatable bonds is 4. The average molecular weight is 428 g/mol. The third kappa shape index (κ3) is 3.00. The lowest BCUT2D eigenvalue weighted by Gasteiger charge is -2.16. The molecule has 0 unspecified atom stereocenters. The molecule has 162 valence electrons. The van der Waals surface area contributed by atoms with E-state index in [1.165, 1.54) is 5.56 Å². The molecule has 0 aliphatic heterocycles. The van der Waals surface area contributed by atoms with Crippen molar-refractivity contribution < 1.29 is 9.26 Å². The first-order valence-electron chi connectivity index (χ1n) is 10.5. The lowest BCUT2D eigenvalue weighted by atomic mass is 10.00. The maximum Gasteiger partial charge on any atom is 0.327 e. The summed E-state index contributed by atoms with van der Waals surface area (Å²) in [5.41, 5.74) is 6.86. The van der Waals surface area contributed by atoms with E-state index < -0.39 is 0 Å². The SMILES string of the molecule is COc1cc2c(cc1-c1c(C)noc1C)ncc1[nH]c(=O)n([C@H](C)c3ccc(C)cc3)c12. The predicted molar refractivity (Wildman–Crippen MR) is 124 cm³/mol. The number of methoxy groups -OCH3 is 1. The Hall–Kier alpha value is -3.87. The standard InChI is InChI=1S/C25H24N4O3/c1-13-6-8-17(9-7-13)15(3)29-24-18-11-22(31-5)19(23-14(2)28-32-16(23)4)10-20(18)26-12-21(24)27-25(29)30/h6-12,15H,1-5H3,(H,27,30)/t15-/m1/s1. The molecule has 0 spiro atoms. The van der Waals surface area contributed by atoms with Gasteiger partial charge in [0.15, 0.2) is 0 Å². The van der Waals surface area contributed by atoms with Crippen LogP contribution in [0.5, 0.6) is 5.75 Å². The highest BCUT2D eigenvalue weighted by Gasteiger charge is 2.21. The van der Waals surface area contributed by atoms with Crippen molar-refractivity contribution in [3.8, 4) is 16.9 Å². The number of benzene rings is 2. The molecule has 2 aromatic carbocycles. The fourth-order valence-corrected chi connectivity index (χ4v) is 4.43. The van der Waals surface area contributed by atoms with Crippen LogP contribution < -0.4 is 10.4 Å². The fourth-order valence-electron chi connectivity index (χ4n) is 4.43. The Morgan fingerprint density at radius 3 is 2.53 bits per heavy atom. The van der Waals surface area contributed by atoms with E-state index in [1.54, 1.807) is 17.9 Å². The van der Waals surface area contributed by atoms with Crippen molar-refractivity contribution in [1.29, 1.82) is 0 Å². The van der Waals surface area contributed by atoms with Crippen molar-refractivity contribution in [2.45, 2.75) is 33.7 Å². The van der Waals surface area contributed by atoms with Crippen molar-refractivity contribution in [2.75, 3.05) is 7.11 Å². The zero-order valence-electron chi connectivity index (χ0n) is 18.7. The zero-order valence-corrected chi connectivity index (χ0v) is 18.7. The summed E-state index contributed by atoms with van der Waals surface area (Å²) in [5.74, 6) is 1.39. The molecule has 1 N–H and O–H groups in total. The summed E-state index contributed by atoms with van der Waals surface area (Å²) in [6.07, 6.45) is 1.71. The Morgan fingerprint density at radius 2 is 1.88 bits per heavy atom. The monoisotopic (exact) mass is 428 g/mol. The van der Waals surface area contributed by atoms with Gasteiger partial charge in [-0.1, -0.05) is 35.0 Å². The van der Waals surface area contributed by atoms with E-state index in [4.69, 9.17) is 9.26 Å². The first-order chi connectivity index (χ1) is 15.4. The Bertz CT molecular complexity index is 1500. The van der Waals surface area contributed by atoms with Gasteiger partial charge in [0.2, 0.25) is 0 Å². The zero-order chi connectivity index (χ0) is 22.6. The summed E-state index contributed by atoms with van der Waals surface area (Å²) in [6.45, 7) is 7.86. The molecule has 5 aromatic rings. The molecule has 7 nitrogen and oxygen atoms in total. The number of pyridine rings is 1. The van der Waals surface area contributed by atoms with Gasteiger partial charge < -0.3 is 14.2 Å². The van der Waals surface area contributed by atoms with E-state index in [1.807, 2.05) is 39.8 Å².